The number of rotatable bonds is 4. The molecule has 28 heavy (non-hydrogen) atoms. The third kappa shape index (κ3) is 3.23. The molecule has 0 radical (unpaired) electrons. The van der Waals surface area contributed by atoms with Crippen molar-refractivity contribution in [3.05, 3.63) is 57.8 Å². The molecule has 0 saturated carbocycles. The Balaban J connectivity index is 1.43. The molecular weight excluding hydrogens is 370 g/mol. The smallest absolute Gasteiger partial charge is 0.262 e. The molecule has 3 aromatic rings. The summed E-state index contributed by atoms with van der Waals surface area (Å²) < 4.78 is 31.9. The number of aromatic nitrogens is 2. The van der Waals surface area contributed by atoms with Gasteiger partial charge >= 0.3 is 0 Å². The number of nitrogens with zero attached hydrogens (tertiary/aromatic N) is 2. The first kappa shape index (κ1) is 18.1. The summed E-state index contributed by atoms with van der Waals surface area (Å²) in [5, 5.41) is 2.97. The topological polar surface area (TPSA) is 91.2 Å². The monoisotopic (exact) mass is 388 g/mol. The second kappa shape index (κ2) is 7.06. The predicted octanol–water partition coefficient (Wildman–Crippen LogP) is 2.36. The first-order chi connectivity index (χ1) is 13.4. The van der Waals surface area contributed by atoms with Gasteiger partial charge in [-0.05, 0) is 31.4 Å². The van der Waals surface area contributed by atoms with Gasteiger partial charge in [0.1, 0.15) is 11.1 Å². The molecule has 2 aromatic heterocycles. The zero-order valence-electron chi connectivity index (χ0n) is 15.1. The molecule has 2 N–H and O–H groups in total. The fraction of sp³-hybridized carbons (Fsp3) is 0.316. The van der Waals surface area contributed by atoms with Crippen LogP contribution in [0.15, 0.2) is 33.7 Å². The van der Waals surface area contributed by atoms with E-state index in [1.807, 2.05) is 4.90 Å². The van der Waals surface area contributed by atoms with Crippen LogP contribution in [0.2, 0.25) is 0 Å². The van der Waals surface area contributed by atoms with E-state index < -0.39 is 23.1 Å². The van der Waals surface area contributed by atoms with Crippen molar-refractivity contribution in [3.63, 3.8) is 0 Å². The van der Waals surface area contributed by atoms with Gasteiger partial charge in [-0.25, -0.2) is 13.8 Å². The Hall–Kier alpha value is -3.23. The fourth-order valence-corrected chi connectivity index (χ4v) is 3.57. The second-order valence-corrected chi connectivity index (χ2v) is 6.85. The number of H-pyrrole nitrogens is 1. The third-order valence-corrected chi connectivity index (χ3v) is 5.00. The Kier molecular flexibility index (Phi) is 4.58. The van der Waals surface area contributed by atoms with Crippen LogP contribution in [0.5, 0.6) is 0 Å². The minimum Gasteiger partial charge on any atom is -0.442 e. The van der Waals surface area contributed by atoms with E-state index in [4.69, 9.17) is 4.42 Å². The minimum absolute atomic E-state index is 0.122. The van der Waals surface area contributed by atoms with E-state index in [-0.39, 0.29) is 22.6 Å². The lowest BCUT2D eigenvalue weighted by molar-refractivity contribution is 0.0948. The molecule has 1 unspecified atom stereocenters. The number of aryl methyl sites for hydroxylation is 1. The molecule has 0 aliphatic carbocycles. The van der Waals surface area contributed by atoms with Gasteiger partial charge in [0.15, 0.2) is 11.6 Å². The molecule has 1 amide bonds. The molecule has 1 aliphatic rings. The Morgan fingerprint density at radius 1 is 1.39 bits per heavy atom. The number of benzene rings is 1. The van der Waals surface area contributed by atoms with E-state index in [1.54, 1.807) is 13.0 Å². The van der Waals surface area contributed by atoms with E-state index in [2.05, 4.69) is 15.3 Å². The van der Waals surface area contributed by atoms with Gasteiger partial charge in [-0.3, -0.25) is 9.59 Å². The van der Waals surface area contributed by atoms with E-state index >= 15 is 0 Å². The van der Waals surface area contributed by atoms with Crippen molar-refractivity contribution < 1.29 is 18.0 Å². The van der Waals surface area contributed by atoms with Crippen LogP contribution >= 0.6 is 0 Å². The molecule has 4 rings (SSSR count). The quantitative estimate of drug-likeness (QED) is 0.716. The Morgan fingerprint density at radius 3 is 3.00 bits per heavy atom. The predicted molar refractivity (Wildman–Crippen MR) is 98.4 cm³/mol. The summed E-state index contributed by atoms with van der Waals surface area (Å²) in [5.41, 5.74) is 0.482. The number of carbonyl (C=O) groups is 1. The number of carbonyl (C=O) groups excluding carboxylic acids is 1. The summed E-state index contributed by atoms with van der Waals surface area (Å²) in [6.07, 6.45) is 2.02. The van der Waals surface area contributed by atoms with Gasteiger partial charge in [0.2, 0.25) is 5.71 Å². The summed E-state index contributed by atoms with van der Waals surface area (Å²) in [4.78, 5) is 33.0. The molecule has 146 valence electrons. The molecular formula is C19H18F2N4O3. The van der Waals surface area contributed by atoms with E-state index in [0.29, 0.717) is 31.1 Å². The van der Waals surface area contributed by atoms with Gasteiger partial charge in [-0.15, -0.1) is 0 Å². The second-order valence-electron chi connectivity index (χ2n) is 6.85. The van der Waals surface area contributed by atoms with Crippen molar-refractivity contribution >= 4 is 22.7 Å². The SMILES string of the molecule is Cc1oc2nc[nH]c(=O)c2c1C(=O)NCC1CCN(c2ccc(F)c(F)c2)C1. The van der Waals surface area contributed by atoms with Gasteiger partial charge in [-0.2, -0.15) is 0 Å². The average molecular weight is 388 g/mol. The number of hydrogen-bond acceptors (Lipinski definition) is 5. The zero-order valence-corrected chi connectivity index (χ0v) is 15.1. The Morgan fingerprint density at radius 2 is 2.21 bits per heavy atom. The van der Waals surface area contributed by atoms with Gasteiger partial charge < -0.3 is 19.6 Å². The molecule has 1 saturated heterocycles. The molecule has 0 bridgehead atoms. The number of fused-ring (bicyclic) bond motifs is 1. The van der Waals surface area contributed by atoms with Crippen molar-refractivity contribution in [2.24, 2.45) is 5.92 Å². The van der Waals surface area contributed by atoms with Crippen molar-refractivity contribution in [1.29, 1.82) is 0 Å². The molecule has 3 heterocycles. The third-order valence-electron chi connectivity index (χ3n) is 5.00. The molecule has 1 aromatic carbocycles. The van der Waals surface area contributed by atoms with Crippen LogP contribution in [0.4, 0.5) is 14.5 Å². The maximum Gasteiger partial charge on any atom is 0.262 e. The van der Waals surface area contributed by atoms with Crippen molar-refractivity contribution in [2.75, 3.05) is 24.5 Å². The van der Waals surface area contributed by atoms with Crippen LogP contribution in [-0.4, -0.2) is 35.5 Å². The summed E-state index contributed by atoms with van der Waals surface area (Å²) >= 11 is 0. The van der Waals surface area contributed by atoms with Crippen LogP contribution in [-0.2, 0) is 0 Å². The molecule has 9 heteroatoms. The highest BCUT2D eigenvalue weighted by molar-refractivity contribution is 6.06. The largest absolute Gasteiger partial charge is 0.442 e. The maximum absolute atomic E-state index is 13.4. The molecule has 1 aliphatic heterocycles. The van der Waals surface area contributed by atoms with Gasteiger partial charge in [-0.1, -0.05) is 0 Å². The summed E-state index contributed by atoms with van der Waals surface area (Å²) in [6.45, 7) is 3.29. The van der Waals surface area contributed by atoms with Crippen molar-refractivity contribution in [1.82, 2.24) is 15.3 Å². The summed E-state index contributed by atoms with van der Waals surface area (Å²) in [6, 6.07) is 3.83. The lowest BCUT2D eigenvalue weighted by Gasteiger charge is -2.19. The Labute approximate surface area is 158 Å². The highest BCUT2D eigenvalue weighted by atomic mass is 19.2. The number of anilines is 1. The van der Waals surface area contributed by atoms with Crippen LogP contribution in [0.3, 0.4) is 0 Å². The first-order valence-corrected chi connectivity index (χ1v) is 8.89. The normalized spacial score (nSPS) is 16.7. The number of hydrogen-bond donors (Lipinski definition) is 2. The van der Waals surface area contributed by atoms with E-state index in [1.165, 1.54) is 12.4 Å². The van der Waals surface area contributed by atoms with Crippen LogP contribution in [0, 0.1) is 24.5 Å². The van der Waals surface area contributed by atoms with Crippen molar-refractivity contribution in [2.45, 2.75) is 13.3 Å². The summed E-state index contributed by atoms with van der Waals surface area (Å²) in [7, 11) is 0. The Bertz CT molecular complexity index is 1110. The van der Waals surface area contributed by atoms with Crippen LogP contribution in [0.1, 0.15) is 22.5 Å². The number of nitrogens with one attached hydrogen (secondary N) is 2. The zero-order chi connectivity index (χ0) is 19.8. The maximum atomic E-state index is 13.4. The number of furan rings is 1. The average Bonchev–Trinajstić information content (AvgIpc) is 3.27. The lowest BCUT2D eigenvalue weighted by atomic mass is 10.1. The minimum atomic E-state index is -0.879. The van der Waals surface area contributed by atoms with Gasteiger partial charge in [0.25, 0.3) is 11.5 Å². The molecule has 7 nitrogen and oxygen atoms in total. The standard InChI is InChI=1S/C19H18F2N4O3/c1-10-15(16-18(27)23-9-24-19(16)28-10)17(26)22-7-11-4-5-25(8-11)12-2-3-13(20)14(21)6-12/h2-3,6,9,11H,4-5,7-8H2,1H3,(H,22,26)(H,23,24,27). The summed E-state index contributed by atoms with van der Waals surface area (Å²) in [5.74, 6) is -1.69. The van der Waals surface area contributed by atoms with Gasteiger partial charge in [0, 0.05) is 31.4 Å². The highest BCUT2D eigenvalue weighted by Gasteiger charge is 2.26. The van der Waals surface area contributed by atoms with E-state index in [0.717, 1.165) is 12.5 Å². The molecule has 1 fully saturated rings. The number of amides is 1. The molecule has 0 spiro atoms. The van der Waals surface area contributed by atoms with Crippen molar-refractivity contribution in [3.8, 4) is 0 Å². The molecule has 1 atom stereocenters. The van der Waals surface area contributed by atoms with Crippen LogP contribution < -0.4 is 15.8 Å². The number of halogens is 2. The van der Waals surface area contributed by atoms with Gasteiger partial charge in [0.05, 0.1) is 11.9 Å². The van der Waals surface area contributed by atoms with E-state index in [9.17, 15) is 18.4 Å². The highest BCUT2D eigenvalue weighted by Crippen LogP contribution is 2.25. The van der Waals surface area contributed by atoms with Crippen LogP contribution in [0.25, 0.3) is 11.1 Å². The lowest BCUT2D eigenvalue weighted by Crippen LogP contribution is -2.31. The fourth-order valence-electron chi connectivity index (χ4n) is 3.57. The number of aromatic amines is 1. The first-order valence-electron chi connectivity index (χ1n) is 8.89.